The average Bonchev–Trinajstić information content (AvgIpc) is 2.32. The highest BCUT2D eigenvalue weighted by Gasteiger charge is 2.34. The number of aliphatic hydroxyl groups excluding tert-OH is 1. The number of aliphatic hydroxyl groups is 1. The van der Waals surface area contributed by atoms with Crippen LogP contribution in [0, 0.1) is 0 Å². The molecule has 1 aromatic rings. The number of sulfonamides is 1. The molecule has 0 heterocycles. The van der Waals surface area contributed by atoms with Crippen molar-refractivity contribution in [2.24, 2.45) is 0 Å². The molecule has 0 unspecified atom stereocenters. The Morgan fingerprint density at radius 2 is 1.95 bits per heavy atom. The van der Waals surface area contributed by atoms with Crippen LogP contribution in [0.1, 0.15) is 12.8 Å². The van der Waals surface area contributed by atoms with Gasteiger partial charge in [0.1, 0.15) is 4.90 Å². The van der Waals surface area contributed by atoms with Crippen LogP contribution in [-0.4, -0.2) is 33.0 Å². The van der Waals surface area contributed by atoms with Gasteiger partial charge in [-0.2, -0.15) is 0 Å². The maximum Gasteiger partial charge on any atom is 0.573 e. The van der Waals surface area contributed by atoms with E-state index >= 15 is 0 Å². The zero-order chi connectivity index (χ0) is 16.1. The zero-order valence-electron chi connectivity index (χ0n) is 10.7. The van der Waals surface area contributed by atoms with Crippen LogP contribution in [-0.2, 0) is 10.0 Å². The molecule has 2 N–H and O–H groups in total. The number of alkyl halides is 3. The van der Waals surface area contributed by atoms with Crippen molar-refractivity contribution in [3.05, 3.63) is 22.7 Å². The average molecular weight is 392 g/mol. The first kappa shape index (κ1) is 18.2. The molecule has 21 heavy (non-hydrogen) atoms. The zero-order valence-corrected chi connectivity index (χ0v) is 13.1. The Balaban J connectivity index is 2.99. The molecular weight excluding hydrogens is 379 g/mol. The van der Waals surface area contributed by atoms with Gasteiger partial charge in [0.15, 0.2) is 5.75 Å². The predicted octanol–water partition coefficient (Wildman–Crippen LogP) is 2.40. The fourth-order valence-electron chi connectivity index (χ4n) is 1.43. The first-order valence-electron chi connectivity index (χ1n) is 5.81. The first-order valence-corrected chi connectivity index (χ1v) is 8.09. The Hall–Kier alpha value is -0.840. The Labute approximate surface area is 128 Å². The molecule has 0 bridgehead atoms. The van der Waals surface area contributed by atoms with Crippen LogP contribution in [0.3, 0.4) is 0 Å². The fourth-order valence-corrected chi connectivity index (χ4v) is 2.95. The quantitative estimate of drug-likeness (QED) is 0.699. The molecule has 1 aromatic carbocycles. The van der Waals surface area contributed by atoms with E-state index in [9.17, 15) is 21.6 Å². The molecule has 0 atom stereocenters. The van der Waals surface area contributed by atoms with Gasteiger partial charge in [0, 0.05) is 17.6 Å². The molecule has 10 heteroatoms. The minimum absolute atomic E-state index is 0.00438. The third kappa shape index (κ3) is 6.20. The number of unbranched alkanes of at least 4 members (excludes halogenated alkanes) is 1. The number of nitrogens with one attached hydrogen (secondary N) is 1. The smallest absolute Gasteiger partial charge is 0.404 e. The highest BCUT2D eigenvalue weighted by molar-refractivity contribution is 9.10. The van der Waals surface area contributed by atoms with E-state index in [1.807, 2.05) is 0 Å². The molecule has 1 rings (SSSR count). The van der Waals surface area contributed by atoms with Crippen LogP contribution in [0.25, 0.3) is 0 Å². The van der Waals surface area contributed by atoms with Gasteiger partial charge in [-0.1, -0.05) is 15.9 Å². The summed E-state index contributed by atoms with van der Waals surface area (Å²) in [5.41, 5.74) is 0. The van der Waals surface area contributed by atoms with Crippen LogP contribution < -0.4 is 9.46 Å². The van der Waals surface area contributed by atoms with Crippen LogP contribution in [0.4, 0.5) is 13.2 Å². The van der Waals surface area contributed by atoms with Gasteiger partial charge in [0.25, 0.3) is 0 Å². The molecule has 0 aliphatic rings. The molecule has 0 amide bonds. The molecule has 0 fully saturated rings. The molecule has 5 nitrogen and oxygen atoms in total. The maximum atomic E-state index is 12.3. The van der Waals surface area contributed by atoms with Crippen molar-refractivity contribution in [3.8, 4) is 5.75 Å². The topological polar surface area (TPSA) is 75.6 Å². The van der Waals surface area contributed by atoms with E-state index in [-0.39, 0.29) is 17.6 Å². The molecule has 0 aliphatic heterocycles. The minimum Gasteiger partial charge on any atom is -0.404 e. The number of hydrogen-bond donors (Lipinski definition) is 2. The number of rotatable bonds is 7. The number of ether oxygens (including phenoxy) is 1. The van der Waals surface area contributed by atoms with Crippen LogP contribution in [0.5, 0.6) is 5.75 Å². The van der Waals surface area contributed by atoms with E-state index in [4.69, 9.17) is 5.11 Å². The summed E-state index contributed by atoms with van der Waals surface area (Å²) in [7, 11) is -4.14. The van der Waals surface area contributed by atoms with Crippen molar-refractivity contribution >= 4 is 26.0 Å². The van der Waals surface area contributed by atoms with Crippen LogP contribution in [0.15, 0.2) is 27.6 Å². The highest BCUT2D eigenvalue weighted by atomic mass is 79.9. The Bertz CT molecular complexity index is 577. The van der Waals surface area contributed by atoms with Crippen molar-refractivity contribution in [2.45, 2.75) is 24.1 Å². The van der Waals surface area contributed by atoms with Gasteiger partial charge >= 0.3 is 6.36 Å². The summed E-state index contributed by atoms with van der Waals surface area (Å²) in [6.45, 7) is -0.0904. The Morgan fingerprint density at radius 1 is 1.29 bits per heavy atom. The molecule has 120 valence electrons. The normalized spacial score (nSPS) is 12.4. The van der Waals surface area contributed by atoms with Gasteiger partial charge in [-0.15, -0.1) is 13.2 Å². The predicted molar refractivity (Wildman–Crippen MR) is 72.3 cm³/mol. The van der Waals surface area contributed by atoms with Crippen LogP contribution >= 0.6 is 15.9 Å². The molecule has 0 spiro atoms. The lowest BCUT2D eigenvalue weighted by atomic mass is 10.3. The Kier molecular flexibility index (Phi) is 6.44. The lowest BCUT2D eigenvalue weighted by molar-refractivity contribution is -0.275. The second-order valence-corrected chi connectivity index (χ2v) is 6.62. The summed E-state index contributed by atoms with van der Waals surface area (Å²) in [5.74, 6) is -0.813. The van der Waals surface area contributed by atoms with Crippen molar-refractivity contribution in [1.82, 2.24) is 4.72 Å². The summed E-state index contributed by atoms with van der Waals surface area (Å²) < 4.78 is 67.0. The second kappa shape index (κ2) is 7.43. The van der Waals surface area contributed by atoms with Crippen molar-refractivity contribution in [2.75, 3.05) is 13.2 Å². The van der Waals surface area contributed by atoms with Gasteiger partial charge in [-0.05, 0) is 31.0 Å². The van der Waals surface area contributed by atoms with E-state index in [1.165, 1.54) is 6.07 Å². The van der Waals surface area contributed by atoms with Gasteiger partial charge in [0.05, 0.1) is 0 Å². The number of benzene rings is 1. The molecule has 0 radical (unpaired) electrons. The minimum atomic E-state index is -5.00. The van der Waals surface area contributed by atoms with Crippen LogP contribution in [0.2, 0.25) is 0 Å². The molecule has 0 saturated carbocycles. The first-order chi connectivity index (χ1) is 9.65. The fraction of sp³-hybridized carbons (Fsp3) is 0.455. The van der Waals surface area contributed by atoms with E-state index in [0.29, 0.717) is 12.8 Å². The van der Waals surface area contributed by atoms with Gasteiger partial charge < -0.3 is 9.84 Å². The van der Waals surface area contributed by atoms with Gasteiger partial charge in [-0.25, -0.2) is 13.1 Å². The SMILES string of the molecule is O=S(=O)(NCCCCO)c1ccc(Br)cc1OC(F)(F)F. The summed E-state index contributed by atoms with van der Waals surface area (Å²) in [6.07, 6.45) is -4.25. The lowest BCUT2D eigenvalue weighted by Crippen LogP contribution is -2.27. The molecule has 0 aromatic heterocycles. The molecule has 0 aliphatic carbocycles. The van der Waals surface area contributed by atoms with E-state index in [0.717, 1.165) is 12.1 Å². The summed E-state index contributed by atoms with van der Waals surface area (Å²) in [6, 6.07) is 3.24. The third-order valence-corrected chi connectivity index (χ3v) is 4.29. The highest BCUT2D eigenvalue weighted by Crippen LogP contribution is 2.32. The Morgan fingerprint density at radius 3 is 2.52 bits per heavy atom. The lowest BCUT2D eigenvalue weighted by Gasteiger charge is -2.14. The maximum absolute atomic E-state index is 12.3. The third-order valence-electron chi connectivity index (χ3n) is 2.30. The van der Waals surface area contributed by atoms with Crippen molar-refractivity contribution < 1.29 is 31.4 Å². The second-order valence-electron chi connectivity index (χ2n) is 3.97. The van der Waals surface area contributed by atoms with E-state index < -0.39 is 27.0 Å². The number of halogens is 4. The summed E-state index contributed by atoms with van der Waals surface area (Å²) in [5, 5.41) is 8.59. The summed E-state index contributed by atoms with van der Waals surface area (Å²) in [4.78, 5) is -0.605. The van der Waals surface area contributed by atoms with Crippen molar-refractivity contribution in [1.29, 1.82) is 0 Å². The van der Waals surface area contributed by atoms with E-state index in [1.54, 1.807) is 0 Å². The van der Waals surface area contributed by atoms with Gasteiger partial charge in [0.2, 0.25) is 10.0 Å². The standard InChI is InChI=1S/C11H13BrF3NO4S/c12-8-3-4-10(9(7-8)20-11(13,14)15)21(18,19)16-5-1-2-6-17/h3-4,7,16-17H,1-2,5-6H2. The van der Waals surface area contributed by atoms with Gasteiger partial charge in [-0.3, -0.25) is 0 Å². The van der Waals surface area contributed by atoms with Crippen molar-refractivity contribution in [3.63, 3.8) is 0 Å². The monoisotopic (exact) mass is 391 g/mol. The summed E-state index contributed by atoms with van der Waals surface area (Å²) >= 11 is 2.95. The number of hydrogen-bond acceptors (Lipinski definition) is 4. The van der Waals surface area contributed by atoms with E-state index in [2.05, 4.69) is 25.4 Å². The molecular formula is C11H13BrF3NO4S. The molecule has 0 saturated heterocycles. The largest absolute Gasteiger partial charge is 0.573 e.